The molecule has 3 aliphatic rings. The Kier molecular flexibility index (Phi) is 9.68. The Hall–Kier alpha value is -3.85. The highest BCUT2D eigenvalue weighted by Gasteiger charge is 2.59. The van der Waals surface area contributed by atoms with E-state index in [1.165, 1.54) is 11.1 Å². The zero-order chi connectivity index (χ0) is 32.3. The molecular weight excluding hydrogens is 578 g/mol. The van der Waals surface area contributed by atoms with Gasteiger partial charge in [-0.2, -0.15) is 0 Å². The van der Waals surface area contributed by atoms with Crippen molar-refractivity contribution in [3.05, 3.63) is 65.4 Å². The number of amides is 3. The molecule has 0 radical (unpaired) electrons. The summed E-state index contributed by atoms with van der Waals surface area (Å²) in [6.45, 7) is 3.44. The maximum atomic E-state index is 14.8. The van der Waals surface area contributed by atoms with E-state index >= 15 is 0 Å². The van der Waals surface area contributed by atoms with Crippen LogP contribution in [-0.2, 0) is 32.8 Å². The van der Waals surface area contributed by atoms with E-state index in [0.717, 1.165) is 74.1 Å². The number of nitrogens with zero attached hydrogens (tertiary/aromatic N) is 3. The lowest BCUT2D eigenvalue weighted by atomic mass is 9.64. The Morgan fingerprint density at radius 1 is 1.07 bits per heavy atom. The van der Waals surface area contributed by atoms with Gasteiger partial charge in [-0.3, -0.25) is 14.4 Å². The van der Waals surface area contributed by atoms with Gasteiger partial charge >= 0.3 is 0 Å². The van der Waals surface area contributed by atoms with Crippen LogP contribution in [0.25, 0.3) is 10.9 Å². The second-order valence-electron chi connectivity index (χ2n) is 13.6. The number of ether oxygens (including phenoxy) is 1. The lowest BCUT2D eigenvalue weighted by molar-refractivity contribution is -0.167. The minimum atomic E-state index is -0.847. The zero-order valence-corrected chi connectivity index (χ0v) is 27.6. The molecule has 4 heterocycles. The molecule has 9 nitrogen and oxygen atoms in total. The number of carbonyl (C=O) groups is 3. The topological polar surface area (TPSA) is 98.0 Å². The Balaban J connectivity index is 1.41. The third-order valence-electron chi connectivity index (χ3n) is 10.5. The summed E-state index contributed by atoms with van der Waals surface area (Å²) < 4.78 is 5.59. The summed E-state index contributed by atoms with van der Waals surface area (Å²) in [5.74, 6) is -0.233. The number of piperidine rings is 2. The molecular formula is C37H49N5O4. The molecule has 3 amide bonds. The second kappa shape index (κ2) is 13.9. The van der Waals surface area contributed by atoms with Gasteiger partial charge < -0.3 is 29.7 Å². The van der Waals surface area contributed by atoms with Crippen LogP contribution >= 0.6 is 0 Å². The maximum absolute atomic E-state index is 14.8. The van der Waals surface area contributed by atoms with Gasteiger partial charge in [-0.1, -0.05) is 30.3 Å². The molecule has 1 unspecified atom stereocenters. The third kappa shape index (κ3) is 6.26. The second-order valence-corrected chi connectivity index (χ2v) is 13.6. The summed E-state index contributed by atoms with van der Waals surface area (Å²) in [6, 6.07) is 16.4. The quantitative estimate of drug-likeness (QED) is 0.305. The number of fused-ring (bicyclic) bond motifs is 5. The van der Waals surface area contributed by atoms with Crippen molar-refractivity contribution < 1.29 is 19.1 Å². The number of hydrogen-bond acceptors (Lipinski definition) is 5. The minimum Gasteiger partial charge on any atom is -0.497 e. The number of nitrogens with one attached hydrogen (secondary N) is 2. The molecule has 2 fully saturated rings. The number of aromatic nitrogens is 1. The van der Waals surface area contributed by atoms with Crippen molar-refractivity contribution in [3.8, 4) is 5.75 Å². The average molecular weight is 628 g/mol. The van der Waals surface area contributed by atoms with E-state index in [0.29, 0.717) is 32.4 Å². The minimum absolute atomic E-state index is 0.0129. The highest BCUT2D eigenvalue weighted by Crippen LogP contribution is 2.53. The molecule has 2 N–H and O–H groups in total. The van der Waals surface area contributed by atoms with Crippen LogP contribution in [0, 0.1) is 11.8 Å². The van der Waals surface area contributed by atoms with Gasteiger partial charge in [0.2, 0.25) is 17.7 Å². The third-order valence-corrected chi connectivity index (χ3v) is 10.5. The lowest BCUT2D eigenvalue weighted by Crippen LogP contribution is -2.66. The van der Waals surface area contributed by atoms with E-state index in [1.807, 2.05) is 54.2 Å². The van der Waals surface area contributed by atoms with Crippen molar-refractivity contribution in [3.63, 3.8) is 0 Å². The largest absolute Gasteiger partial charge is 0.497 e. The molecule has 0 bridgehead atoms. The van der Waals surface area contributed by atoms with Crippen molar-refractivity contribution >= 4 is 28.6 Å². The molecule has 0 saturated carbocycles. The first-order valence-electron chi connectivity index (χ1n) is 17.1. The number of rotatable bonds is 11. The van der Waals surface area contributed by atoms with Crippen molar-refractivity contribution in [2.45, 2.75) is 63.3 Å². The van der Waals surface area contributed by atoms with Gasteiger partial charge in [0.15, 0.2) is 0 Å². The van der Waals surface area contributed by atoms with E-state index in [-0.39, 0.29) is 24.1 Å². The predicted octanol–water partition coefficient (Wildman–Crippen LogP) is 4.50. The van der Waals surface area contributed by atoms with E-state index < -0.39 is 17.4 Å². The first kappa shape index (κ1) is 32.1. The van der Waals surface area contributed by atoms with Crippen molar-refractivity contribution in [2.24, 2.45) is 11.8 Å². The summed E-state index contributed by atoms with van der Waals surface area (Å²) in [7, 11) is 5.70. The van der Waals surface area contributed by atoms with Gasteiger partial charge in [-0.25, -0.2) is 0 Å². The van der Waals surface area contributed by atoms with Gasteiger partial charge in [-0.15, -0.1) is 0 Å². The Bertz CT molecular complexity index is 1550. The highest BCUT2D eigenvalue weighted by molar-refractivity contribution is 5.93. The number of carbonyl (C=O) groups excluding carboxylic acids is 3. The van der Waals surface area contributed by atoms with Gasteiger partial charge in [0.25, 0.3) is 0 Å². The average Bonchev–Trinajstić information content (AvgIpc) is 3.46. The molecule has 0 aliphatic carbocycles. The van der Waals surface area contributed by atoms with E-state index in [4.69, 9.17) is 4.74 Å². The molecule has 1 aromatic heterocycles. The van der Waals surface area contributed by atoms with Crippen LogP contribution in [0.2, 0.25) is 0 Å². The fraction of sp³-hybridized carbons (Fsp3) is 0.541. The van der Waals surface area contributed by atoms with Crippen molar-refractivity contribution in [1.29, 1.82) is 0 Å². The number of benzene rings is 2. The number of H-pyrrole nitrogens is 1. The number of hydrogen-bond donors (Lipinski definition) is 2. The number of methoxy groups -OCH3 is 1. The molecule has 0 spiro atoms. The van der Waals surface area contributed by atoms with Crippen LogP contribution in [0.4, 0.5) is 0 Å². The smallest absolute Gasteiger partial charge is 0.228 e. The molecule has 3 aromatic rings. The highest BCUT2D eigenvalue weighted by atomic mass is 16.5. The summed E-state index contributed by atoms with van der Waals surface area (Å²) in [4.78, 5) is 52.5. The Morgan fingerprint density at radius 2 is 1.85 bits per heavy atom. The number of likely N-dealkylation sites (tertiary alicyclic amines) is 1. The molecule has 9 heteroatoms. The first-order valence-corrected chi connectivity index (χ1v) is 17.1. The van der Waals surface area contributed by atoms with Gasteiger partial charge in [-0.05, 0) is 101 Å². The van der Waals surface area contributed by atoms with Crippen molar-refractivity contribution in [2.75, 3.05) is 53.9 Å². The van der Waals surface area contributed by atoms with E-state index in [2.05, 4.69) is 33.4 Å². The maximum Gasteiger partial charge on any atom is 0.228 e. The molecule has 46 heavy (non-hydrogen) atoms. The van der Waals surface area contributed by atoms with E-state index in [1.54, 1.807) is 7.11 Å². The lowest BCUT2D eigenvalue weighted by Gasteiger charge is -2.56. The molecule has 246 valence electrons. The van der Waals surface area contributed by atoms with Gasteiger partial charge in [0, 0.05) is 55.1 Å². The van der Waals surface area contributed by atoms with Crippen LogP contribution in [-0.4, -0.2) is 91.3 Å². The zero-order valence-electron chi connectivity index (χ0n) is 27.6. The van der Waals surface area contributed by atoms with Gasteiger partial charge in [0.1, 0.15) is 5.75 Å². The standard InChI is InChI=1S/C37H49N5O4/c1-40(2)19-10-18-38-33(43)24-27-23-31(36(45)41-20-8-5-9-21-41)37(17-15-26-11-6-4-7-12-26)34-29(16-22-42(37)35(27)44)30-25-28(46-3)13-14-32(30)39-34/h4,6-7,11-14,25,27,31,39H,5,8-10,15-24H2,1-3H3,(H,38,43)/t27?,31-,37+/m1/s1. The fourth-order valence-corrected chi connectivity index (χ4v) is 8.15. The number of aryl methyl sites for hydroxylation is 1. The number of aromatic amines is 1. The monoisotopic (exact) mass is 627 g/mol. The Labute approximate surface area is 272 Å². The summed E-state index contributed by atoms with van der Waals surface area (Å²) in [5, 5.41) is 4.12. The van der Waals surface area contributed by atoms with E-state index in [9.17, 15) is 14.4 Å². The van der Waals surface area contributed by atoms with Crippen LogP contribution in [0.5, 0.6) is 5.75 Å². The Morgan fingerprint density at radius 3 is 2.59 bits per heavy atom. The SMILES string of the molecule is COc1ccc2[nH]c3c(c2c1)CCN1C(=O)C(CC(=O)NCCCN(C)C)C[C@H](C(=O)N2CCCCC2)[C@@]31CCc1ccccc1. The van der Waals surface area contributed by atoms with Crippen LogP contribution in [0.15, 0.2) is 48.5 Å². The van der Waals surface area contributed by atoms with Crippen molar-refractivity contribution in [1.82, 2.24) is 25.0 Å². The normalized spacial score (nSPS) is 22.9. The molecule has 2 saturated heterocycles. The molecule has 3 atom stereocenters. The predicted molar refractivity (Wildman–Crippen MR) is 180 cm³/mol. The van der Waals surface area contributed by atoms with Crippen LogP contribution in [0.3, 0.4) is 0 Å². The van der Waals surface area contributed by atoms with Crippen LogP contribution in [0.1, 0.15) is 61.8 Å². The van der Waals surface area contributed by atoms with Gasteiger partial charge in [0.05, 0.1) is 18.6 Å². The molecule has 6 rings (SSSR count). The molecule has 3 aliphatic heterocycles. The molecule has 2 aromatic carbocycles. The summed E-state index contributed by atoms with van der Waals surface area (Å²) in [5.41, 5.74) is 3.47. The summed E-state index contributed by atoms with van der Waals surface area (Å²) >= 11 is 0. The summed E-state index contributed by atoms with van der Waals surface area (Å²) in [6.07, 6.45) is 6.45. The first-order chi connectivity index (χ1) is 22.3. The van der Waals surface area contributed by atoms with Crippen LogP contribution < -0.4 is 10.1 Å². The fourth-order valence-electron chi connectivity index (χ4n) is 8.15.